The van der Waals surface area contributed by atoms with Gasteiger partial charge in [-0.2, -0.15) is 0 Å². The zero-order valence-corrected chi connectivity index (χ0v) is 5.77. The highest BCUT2D eigenvalue weighted by Crippen LogP contribution is 1.82. The van der Waals surface area contributed by atoms with Crippen LogP contribution in [-0.4, -0.2) is 28.5 Å². The highest BCUT2D eigenvalue weighted by Gasteiger charge is 2.05. The Morgan fingerprint density at radius 2 is 2.17 bits per heavy atom. The SMILES string of the molecule is [B]n1c(=O)cc(C(=O)O)[nH]c1=O. The Kier molecular flexibility index (Phi) is 1.86. The van der Waals surface area contributed by atoms with Crippen LogP contribution >= 0.6 is 0 Å². The van der Waals surface area contributed by atoms with Gasteiger partial charge in [0, 0.05) is 6.07 Å². The molecule has 0 aliphatic carbocycles. The molecule has 0 aliphatic heterocycles. The third-order valence-electron chi connectivity index (χ3n) is 1.20. The molecule has 0 saturated carbocycles. The van der Waals surface area contributed by atoms with Crippen molar-refractivity contribution in [3.8, 4) is 0 Å². The van der Waals surface area contributed by atoms with Crippen molar-refractivity contribution in [1.29, 1.82) is 0 Å². The predicted molar refractivity (Wildman–Crippen MR) is 39.4 cm³/mol. The van der Waals surface area contributed by atoms with Gasteiger partial charge < -0.3 is 14.6 Å². The molecule has 0 aromatic carbocycles. The van der Waals surface area contributed by atoms with Crippen molar-refractivity contribution >= 4 is 14.0 Å². The van der Waals surface area contributed by atoms with E-state index in [0.29, 0.717) is 0 Å². The van der Waals surface area contributed by atoms with E-state index in [1.807, 2.05) is 4.98 Å². The third kappa shape index (κ3) is 1.29. The summed E-state index contributed by atoms with van der Waals surface area (Å²) in [4.78, 5) is 33.6. The Morgan fingerprint density at radius 3 is 2.58 bits per heavy atom. The molecule has 1 aromatic heterocycles. The van der Waals surface area contributed by atoms with Crippen LogP contribution in [0, 0.1) is 0 Å². The molecule has 0 amide bonds. The summed E-state index contributed by atoms with van der Waals surface area (Å²) in [6.45, 7) is 0. The van der Waals surface area contributed by atoms with E-state index >= 15 is 0 Å². The van der Waals surface area contributed by atoms with E-state index in [1.54, 1.807) is 0 Å². The smallest absolute Gasteiger partial charge is 0.352 e. The van der Waals surface area contributed by atoms with Crippen LogP contribution < -0.4 is 11.2 Å². The number of hydrogen-bond donors (Lipinski definition) is 2. The number of rotatable bonds is 1. The molecule has 6 nitrogen and oxygen atoms in total. The lowest BCUT2D eigenvalue weighted by Crippen LogP contribution is -2.35. The van der Waals surface area contributed by atoms with E-state index in [4.69, 9.17) is 13.1 Å². The highest BCUT2D eigenvalue weighted by atomic mass is 16.4. The minimum Gasteiger partial charge on any atom is -0.477 e. The number of nitrogens with one attached hydrogen (secondary N) is 1. The quantitative estimate of drug-likeness (QED) is 0.479. The van der Waals surface area contributed by atoms with Gasteiger partial charge in [0.1, 0.15) is 5.69 Å². The fourth-order valence-corrected chi connectivity index (χ4v) is 0.620. The minimum absolute atomic E-state index is 0.284. The number of hydrogen-bond acceptors (Lipinski definition) is 3. The second kappa shape index (κ2) is 2.69. The molecule has 0 spiro atoms. The van der Waals surface area contributed by atoms with Gasteiger partial charge in [0.15, 0.2) is 0 Å². The number of carbonyl (C=O) groups is 1. The molecule has 0 unspecified atom stereocenters. The van der Waals surface area contributed by atoms with Crippen LogP contribution in [0.4, 0.5) is 0 Å². The molecule has 7 heteroatoms. The second-order valence-electron chi connectivity index (χ2n) is 2.00. The van der Waals surface area contributed by atoms with E-state index < -0.39 is 22.9 Å². The molecular formula is C5H3BN2O4. The average molecular weight is 166 g/mol. The molecule has 2 radical (unpaired) electrons. The molecule has 60 valence electrons. The molecule has 0 aliphatic rings. The van der Waals surface area contributed by atoms with Crippen LogP contribution in [0.5, 0.6) is 0 Å². The van der Waals surface area contributed by atoms with Crippen molar-refractivity contribution in [2.45, 2.75) is 0 Å². The van der Waals surface area contributed by atoms with E-state index in [0.717, 1.165) is 6.07 Å². The largest absolute Gasteiger partial charge is 0.477 e. The molecule has 0 fully saturated rings. The molecule has 1 aromatic rings. The molecule has 2 N–H and O–H groups in total. The Labute approximate surface area is 66.9 Å². The van der Waals surface area contributed by atoms with Crippen LogP contribution in [0.15, 0.2) is 15.7 Å². The van der Waals surface area contributed by atoms with Crippen LogP contribution in [0.25, 0.3) is 0 Å². The van der Waals surface area contributed by atoms with Crippen molar-refractivity contribution in [1.82, 2.24) is 9.46 Å². The molecule has 0 bridgehead atoms. The first kappa shape index (κ1) is 8.31. The first-order chi connectivity index (χ1) is 5.52. The fraction of sp³-hybridized carbons (Fsp3) is 0. The Bertz CT molecular complexity index is 401. The van der Waals surface area contributed by atoms with Gasteiger partial charge in [0.05, 0.1) is 0 Å². The lowest BCUT2D eigenvalue weighted by atomic mass is 10.3. The van der Waals surface area contributed by atoms with E-state index in [-0.39, 0.29) is 4.48 Å². The van der Waals surface area contributed by atoms with Gasteiger partial charge in [-0.1, -0.05) is 0 Å². The van der Waals surface area contributed by atoms with E-state index in [1.165, 1.54) is 0 Å². The minimum atomic E-state index is -1.38. The summed E-state index contributed by atoms with van der Waals surface area (Å²) in [5.41, 5.74) is -2.30. The molecular weight excluding hydrogens is 163 g/mol. The monoisotopic (exact) mass is 166 g/mol. The Hall–Kier alpha value is -1.79. The zero-order valence-electron chi connectivity index (χ0n) is 5.77. The number of carboxylic acid groups (broad SMARTS) is 1. The summed E-state index contributed by atoms with van der Waals surface area (Å²) in [5, 5.41) is 8.37. The standard InChI is InChI=1S/C5H3BN2O4/c6-8-3(9)1-2(4(10)11)7-5(8)12/h1H,(H,7,12)(H,10,11). The van der Waals surface area contributed by atoms with E-state index in [2.05, 4.69) is 0 Å². The van der Waals surface area contributed by atoms with Crippen LogP contribution in [-0.2, 0) is 0 Å². The number of aromatic nitrogens is 2. The zero-order chi connectivity index (χ0) is 9.30. The number of aromatic carboxylic acids is 1. The maximum Gasteiger partial charge on any atom is 0.352 e. The summed E-state index contributed by atoms with van der Waals surface area (Å²) in [6, 6.07) is 0.726. The van der Waals surface area contributed by atoms with Gasteiger partial charge in [-0.3, -0.25) is 4.79 Å². The van der Waals surface area contributed by atoms with Gasteiger partial charge in [0.25, 0.3) is 0 Å². The molecule has 1 heterocycles. The maximum atomic E-state index is 10.7. The average Bonchev–Trinajstić information content (AvgIpc) is 1.99. The normalized spacial score (nSPS) is 9.67. The van der Waals surface area contributed by atoms with Crippen molar-refractivity contribution < 1.29 is 9.90 Å². The lowest BCUT2D eigenvalue weighted by molar-refractivity contribution is 0.0689. The lowest BCUT2D eigenvalue weighted by Gasteiger charge is -1.96. The van der Waals surface area contributed by atoms with Crippen LogP contribution in [0.1, 0.15) is 10.5 Å². The summed E-state index contributed by atoms with van der Waals surface area (Å²) in [7, 11) is 4.92. The van der Waals surface area contributed by atoms with Crippen LogP contribution in [0.2, 0.25) is 0 Å². The fourth-order valence-electron chi connectivity index (χ4n) is 0.620. The number of H-pyrrole nitrogens is 1. The predicted octanol–water partition coefficient (Wildman–Crippen LogP) is -1.83. The van der Waals surface area contributed by atoms with Gasteiger partial charge in [-0.05, 0) is 0 Å². The number of carboxylic acids is 1. The highest BCUT2D eigenvalue weighted by molar-refractivity contribution is 6.06. The molecule has 1 rings (SSSR count). The first-order valence-electron chi connectivity index (χ1n) is 2.87. The summed E-state index contributed by atoms with van der Waals surface area (Å²) >= 11 is 0. The molecule has 0 saturated heterocycles. The first-order valence-corrected chi connectivity index (χ1v) is 2.87. The van der Waals surface area contributed by atoms with Crippen molar-refractivity contribution in [3.63, 3.8) is 0 Å². The number of aromatic amines is 1. The van der Waals surface area contributed by atoms with Crippen molar-refractivity contribution in [2.24, 2.45) is 0 Å². The maximum absolute atomic E-state index is 10.7. The topological polar surface area (TPSA) is 92.2 Å². The van der Waals surface area contributed by atoms with Crippen molar-refractivity contribution in [3.05, 3.63) is 32.6 Å². The summed E-state index contributed by atoms with van der Waals surface area (Å²) < 4.78 is 0.284. The molecule has 12 heavy (non-hydrogen) atoms. The van der Waals surface area contributed by atoms with E-state index in [9.17, 15) is 14.4 Å². The van der Waals surface area contributed by atoms with Gasteiger partial charge in [0.2, 0.25) is 13.5 Å². The summed E-state index contributed by atoms with van der Waals surface area (Å²) in [5.74, 6) is -1.38. The van der Waals surface area contributed by atoms with Crippen LogP contribution in [0.3, 0.4) is 0 Å². The summed E-state index contributed by atoms with van der Waals surface area (Å²) in [6.07, 6.45) is 0. The Balaban J connectivity index is 3.52. The van der Waals surface area contributed by atoms with Gasteiger partial charge in [-0.25, -0.2) is 9.59 Å². The van der Waals surface area contributed by atoms with Gasteiger partial charge >= 0.3 is 11.7 Å². The van der Waals surface area contributed by atoms with Gasteiger partial charge in [-0.15, -0.1) is 0 Å². The molecule has 0 atom stereocenters. The second-order valence-corrected chi connectivity index (χ2v) is 2.00. The Morgan fingerprint density at radius 1 is 1.58 bits per heavy atom. The van der Waals surface area contributed by atoms with Crippen molar-refractivity contribution in [2.75, 3.05) is 0 Å². The third-order valence-corrected chi connectivity index (χ3v) is 1.20. The number of nitrogens with zero attached hydrogens (tertiary/aromatic N) is 1.